The number of carbonyl (C=O) groups is 1. The molecular weight excluding hydrogens is 400 g/mol. The number of thiazole rings is 1. The molecule has 1 amide bonds. The highest BCUT2D eigenvalue weighted by molar-refractivity contribution is 7.22. The van der Waals surface area contributed by atoms with Gasteiger partial charge in [0.25, 0.3) is 5.91 Å². The normalized spacial score (nSPS) is 11.2. The summed E-state index contributed by atoms with van der Waals surface area (Å²) in [6.45, 7) is 6.80. The van der Waals surface area contributed by atoms with Crippen LogP contribution in [0.3, 0.4) is 0 Å². The van der Waals surface area contributed by atoms with Crippen molar-refractivity contribution in [2.45, 2.75) is 33.3 Å². The molecule has 0 saturated heterocycles. The van der Waals surface area contributed by atoms with Gasteiger partial charge in [-0.1, -0.05) is 49.4 Å². The van der Waals surface area contributed by atoms with E-state index in [0.717, 1.165) is 27.1 Å². The van der Waals surface area contributed by atoms with Crippen molar-refractivity contribution < 1.29 is 9.53 Å². The minimum absolute atomic E-state index is 0.140. The third kappa shape index (κ3) is 4.49. The Morgan fingerprint density at radius 3 is 2.69 bits per heavy atom. The van der Waals surface area contributed by atoms with Gasteiger partial charge in [-0.2, -0.15) is 0 Å². The van der Waals surface area contributed by atoms with Crippen LogP contribution in [-0.4, -0.2) is 10.9 Å². The molecule has 0 fully saturated rings. The van der Waals surface area contributed by atoms with Crippen LogP contribution in [0.15, 0.2) is 53.9 Å². The molecule has 0 unspecified atom stereocenters. The zero-order valence-corrected chi connectivity index (χ0v) is 18.2. The SMILES string of the molecule is Cc1cccc2sc(NC(=O)c3cc(COc4ccc(C(C)C)cc4)cs3)nc12. The smallest absolute Gasteiger partial charge is 0.267 e. The van der Waals surface area contributed by atoms with Crippen molar-refractivity contribution in [2.24, 2.45) is 0 Å². The fourth-order valence-electron chi connectivity index (χ4n) is 2.98. The number of benzene rings is 2. The highest BCUT2D eigenvalue weighted by atomic mass is 32.1. The van der Waals surface area contributed by atoms with Crippen molar-refractivity contribution in [2.75, 3.05) is 5.32 Å². The van der Waals surface area contributed by atoms with Crippen LogP contribution in [0.1, 0.15) is 46.1 Å². The zero-order valence-electron chi connectivity index (χ0n) is 16.6. The van der Waals surface area contributed by atoms with Crippen LogP contribution in [0.5, 0.6) is 5.75 Å². The van der Waals surface area contributed by atoms with Gasteiger partial charge in [0.15, 0.2) is 5.13 Å². The summed E-state index contributed by atoms with van der Waals surface area (Å²) in [6, 6.07) is 16.1. The molecule has 2 heterocycles. The molecular formula is C23H22N2O2S2. The third-order valence-electron chi connectivity index (χ3n) is 4.67. The molecule has 0 aliphatic rings. The molecule has 148 valence electrons. The quantitative estimate of drug-likeness (QED) is 0.380. The van der Waals surface area contributed by atoms with Crippen LogP contribution in [0.2, 0.25) is 0 Å². The Labute approximate surface area is 178 Å². The Kier molecular flexibility index (Phi) is 5.65. The molecule has 0 aliphatic heterocycles. The van der Waals surface area contributed by atoms with Crippen molar-refractivity contribution in [3.05, 3.63) is 75.5 Å². The van der Waals surface area contributed by atoms with E-state index in [1.54, 1.807) is 0 Å². The van der Waals surface area contributed by atoms with Gasteiger partial charge in [-0.3, -0.25) is 10.1 Å². The summed E-state index contributed by atoms with van der Waals surface area (Å²) in [5.74, 6) is 1.19. The molecule has 4 nitrogen and oxygen atoms in total. The van der Waals surface area contributed by atoms with E-state index in [9.17, 15) is 4.79 Å². The van der Waals surface area contributed by atoms with E-state index < -0.39 is 0 Å². The van der Waals surface area contributed by atoms with Crippen LogP contribution in [0, 0.1) is 6.92 Å². The van der Waals surface area contributed by atoms with E-state index in [1.807, 2.05) is 48.7 Å². The minimum Gasteiger partial charge on any atom is -0.489 e. The second kappa shape index (κ2) is 8.35. The molecule has 2 aromatic heterocycles. The first-order valence-corrected chi connectivity index (χ1v) is 11.2. The van der Waals surface area contributed by atoms with Gasteiger partial charge >= 0.3 is 0 Å². The number of hydrogen-bond acceptors (Lipinski definition) is 5. The number of carbonyl (C=O) groups excluding carboxylic acids is 1. The monoisotopic (exact) mass is 422 g/mol. The lowest BCUT2D eigenvalue weighted by Gasteiger charge is -2.08. The lowest BCUT2D eigenvalue weighted by atomic mass is 10.0. The standard InChI is InChI=1S/C23H22N2O2S2/c1-14(2)17-7-9-18(10-8-17)27-12-16-11-20(28-13-16)22(26)25-23-24-21-15(3)5-4-6-19(21)29-23/h4-11,13-14H,12H2,1-3H3,(H,24,25,26). The average molecular weight is 423 g/mol. The summed E-state index contributed by atoms with van der Waals surface area (Å²) in [5.41, 5.74) is 4.32. The van der Waals surface area contributed by atoms with Gasteiger partial charge in [0.2, 0.25) is 0 Å². The summed E-state index contributed by atoms with van der Waals surface area (Å²) in [4.78, 5) is 17.8. The molecule has 1 N–H and O–H groups in total. The number of hydrogen-bond donors (Lipinski definition) is 1. The van der Waals surface area contributed by atoms with Crippen molar-refractivity contribution in [3.8, 4) is 5.75 Å². The Hall–Kier alpha value is -2.70. The van der Waals surface area contributed by atoms with E-state index >= 15 is 0 Å². The minimum atomic E-state index is -0.140. The second-order valence-corrected chi connectivity index (χ2v) is 9.17. The van der Waals surface area contributed by atoms with E-state index in [0.29, 0.717) is 22.5 Å². The number of rotatable bonds is 6. The topological polar surface area (TPSA) is 51.2 Å². The highest BCUT2D eigenvalue weighted by Gasteiger charge is 2.13. The van der Waals surface area contributed by atoms with Gasteiger partial charge in [-0.25, -0.2) is 4.98 Å². The Morgan fingerprint density at radius 2 is 1.97 bits per heavy atom. The number of nitrogens with zero attached hydrogens (tertiary/aromatic N) is 1. The second-order valence-electron chi connectivity index (χ2n) is 7.23. The average Bonchev–Trinajstić information content (AvgIpc) is 3.34. The maximum Gasteiger partial charge on any atom is 0.267 e. The van der Waals surface area contributed by atoms with Gasteiger partial charge in [-0.05, 0) is 53.6 Å². The predicted molar refractivity (Wildman–Crippen MR) is 121 cm³/mol. The van der Waals surface area contributed by atoms with Crippen molar-refractivity contribution in [1.82, 2.24) is 4.98 Å². The lowest BCUT2D eigenvalue weighted by Crippen LogP contribution is -2.09. The number of fused-ring (bicyclic) bond motifs is 1. The maximum atomic E-state index is 12.6. The van der Waals surface area contributed by atoms with Crippen LogP contribution in [0.25, 0.3) is 10.2 Å². The lowest BCUT2D eigenvalue weighted by molar-refractivity contribution is 0.103. The Balaban J connectivity index is 1.38. The first-order chi connectivity index (χ1) is 14.0. The van der Waals surface area contributed by atoms with E-state index in [1.165, 1.54) is 28.2 Å². The molecule has 6 heteroatoms. The van der Waals surface area contributed by atoms with E-state index in [2.05, 4.69) is 36.3 Å². The number of aromatic nitrogens is 1. The number of ether oxygens (including phenoxy) is 1. The van der Waals surface area contributed by atoms with Crippen LogP contribution >= 0.6 is 22.7 Å². The third-order valence-corrected chi connectivity index (χ3v) is 6.58. The van der Waals surface area contributed by atoms with Crippen LogP contribution < -0.4 is 10.1 Å². The van der Waals surface area contributed by atoms with E-state index in [4.69, 9.17) is 4.74 Å². The van der Waals surface area contributed by atoms with Crippen LogP contribution in [-0.2, 0) is 6.61 Å². The van der Waals surface area contributed by atoms with Gasteiger partial charge in [0, 0.05) is 5.56 Å². The summed E-state index contributed by atoms with van der Waals surface area (Å²) in [7, 11) is 0. The molecule has 0 atom stereocenters. The summed E-state index contributed by atoms with van der Waals surface area (Å²) in [5, 5.41) is 5.50. The molecule has 0 spiro atoms. The van der Waals surface area contributed by atoms with Gasteiger partial charge in [0.1, 0.15) is 12.4 Å². The van der Waals surface area contributed by atoms with Crippen molar-refractivity contribution in [3.63, 3.8) is 0 Å². The number of amides is 1. The molecule has 0 saturated carbocycles. The van der Waals surface area contributed by atoms with Crippen molar-refractivity contribution >= 4 is 43.9 Å². The first-order valence-electron chi connectivity index (χ1n) is 9.47. The summed E-state index contributed by atoms with van der Waals surface area (Å²) in [6.07, 6.45) is 0. The molecule has 4 aromatic rings. The number of para-hydroxylation sites is 1. The fourth-order valence-corrected chi connectivity index (χ4v) is 4.72. The number of nitrogens with one attached hydrogen (secondary N) is 1. The fraction of sp³-hybridized carbons (Fsp3) is 0.217. The zero-order chi connectivity index (χ0) is 20.4. The molecule has 0 bridgehead atoms. The number of aryl methyl sites for hydroxylation is 1. The summed E-state index contributed by atoms with van der Waals surface area (Å²) >= 11 is 2.90. The Morgan fingerprint density at radius 1 is 1.17 bits per heavy atom. The summed E-state index contributed by atoms with van der Waals surface area (Å²) < 4.78 is 6.93. The van der Waals surface area contributed by atoms with Gasteiger partial charge in [0.05, 0.1) is 15.1 Å². The molecule has 0 radical (unpaired) electrons. The molecule has 2 aromatic carbocycles. The maximum absolute atomic E-state index is 12.6. The highest BCUT2D eigenvalue weighted by Crippen LogP contribution is 2.29. The van der Waals surface area contributed by atoms with Crippen molar-refractivity contribution in [1.29, 1.82) is 0 Å². The predicted octanol–water partition coefficient (Wildman–Crippen LogP) is 6.62. The van der Waals surface area contributed by atoms with E-state index in [-0.39, 0.29) is 5.91 Å². The van der Waals surface area contributed by atoms with Gasteiger partial charge < -0.3 is 4.74 Å². The molecule has 0 aliphatic carbocycles. The largest absolute Gasteiger partial charge is 0.489 e. The van der Waals surface area contributed by atoms with Gasteiger partial charge in [-0.15, -0.1) is 11.3 Å². The van der Waals surface area contributed by atoms with Crippen LogP contribution in [0.4, 0.5) is 5.13 Å². The Bertz CT molecular complexity index is 1140. The molecule has 29 heavy (non-hydrogen) atoms. The number of thiophene rings is 1. The first kappa shape index (κ1) is 19.6. The molecule has 4 rings (SSSR count). The number of anilines is 1.